The van der Waals surface area contributed by atoms with Crippen molar-refractivity contribution in [2.75, 3.05) is 19.6 Å². The number of nitrogens with one attached hydrogen (secondary N) is 2. The summed E-state index contributed by atoms with van der Waals surface area (Å²) < 4.78 is 0. The van der Waals surface area contributed by atoms with Crippen LogP contribution in [0.25, 0.3) is 0 Å². The predicted molar refractivity (Wildman–Crippen MR) is 65.2 cm³/mol. The SMILES string of the molecule is CCN(Cc1cnc[nH]1)CC1CCCCN1. The number of piperidine rings is 1. The Morgan fingerprint density at radius 1 is 1.50 bits per heavy atom. The van der Waals surface area contributed by atoms with Crippen LogP contribution in [0.15, 0.2) is 12.5 Å². The van der Waals surface area contributed by atoms with Crippen molar-refractivity contribution in [1.82, 2.24) is 20.2 Å². The first kappa shape index (κ1) is 11.6. The van der Waals surface area contributed by atoms with Gasteiger partial charge in [-0.15, -0.1) is 0 Å². The van der Waals surface area contributed by atoms with Crippen LogP contribution in [0.3, 0.4) is 0 Å². The molecule has 0 spiro atoms. The van der Waals surface area contributed by atoms with Gasteiger partial charge in [0.15, 0.2) is 0 Å². The van der Waals surface area contributed by atoms with E-state index in [9.17, 15) is 0 Å². The molecule has 1 aromatic rings. The Morgan fingerprint density at radius 3 is 3.06 bits per heavy atom. The normalized spacial score (nSPS) is 21.5. The second-order valence-electron chi connectivity index (χ2n) is 4.55. The number of likely N-dealkylation sites (N-methyl/N-ethyl adjacent to an activating group) is 1. The fourth-order valence-corrected chi connectivity index (χ4v) is 2.31. The molecular formula is C12H22N4. The van der Waals surface area contributed by atoms with E-state index in [0.717, 1.165) is 19.6 Å². The second-order valence-corrected chi connectivity index (χ2v) is 4.55. The molecular weight excluding hydrogens is 200 g/mol. The summed E-state index contributed by atoms with van der Waals surface area (Å²) in [7, 11) is 0. The zero-order valence-corrected chi connectivity index (χ0v) is 10.1. The lowest BCUT2D eigenvalue weighted by atomic mass is 10.0. The Kier molecular flexibility index (Phi) is 4.36. The van der Waals surface area contributed by atoms with E-state index in [-0.39, 0.29) is 0 Å². The molecule has 0 aliphatic carbocycles. The zero-order chi connectivity index (χ0) is 11.2. The number of rotatable bonds is 5. The monoisotopic (exact) mass is 222 g/mol. The maximum absolute atomic E-state index is 4.06. The number of imidazole rings is 1. The van der Waals surface area contributed by atoms with Crippen molar-refractivity contribution in [3.05, 3.63) is 18.2 Å². The first-order valence-electron chi connectivity index (χ1n) is 6.31. The van der Waals surface area contributed by atoms with Gasteiger partial charge in [0.25, 0.3) is 0 Å². The van der Waals surface area contributed by atoms with Gasteiger partial charge >= 0.3 is 0 Å². The molecule has 16 heavy (non-hydrogen) atoms. The first-order valence-corrected chi connectivity index (χ1v) is 6.31. The third-order valence-electron chi connectivity index (χ3n) is 3.29. The van der Waals surface area contributed by atoms with Crippen LogP contribution in [0.5, 0.6) is 0 Å². The van der Waals surface area contributed by atoms with E-state index >= 15 is 0 Å². The number of aromatic nitrogens is 2. The van der Waals surface area contributed by atoms with Gasteiger partial charge in [0.2, 0.25) is 0 Å². The summed E-state index contributed by atoms with van der Waals surface area (Å²) in [6.07, 6.45) is 7.70. The van der Waals surface area contributed by atoms with Crippen molar-refractivity contribution in [3.8, 4) is 0 Å². The van der Waals surface area contributed by atoms with Gasteiger partial charge in [0.05, 0.1) is 6.33 Å². The van der Waals surface area contributed by atoms with Gasteiger partial charge in [-0.05, 0) is 25.9 Å². The zero-order valence-electron chi connectivity index (χ0n) is 10.1. The standard InChI is InChI=1S/C12H22N4/c1-2-16(9-12-7-13-10-15-12)8-11-5-3-4-6-14-11/h7,10-11,14H,2-6,8-9H2,1H3,(H,13,15). The van der Waals surface area contributed by atoms with Crippen LogP contribution in [0.2, 0.25) is 0 Å². The van der Waals surface area contributed by atoms with Crippen LogP contribution in [0.1, 0.15) is 31.9 Å². The minimum absolute atomic E-state index is 0.677. The second kappa shape index (κ2) is 6.01. The molecule has 2 N–H and O–H groups in total. The maximum atomic E-state index is 4.06. The first-order chi connectivity index (χ1) is 7.88. The number of hydrogen-bond donors (Lipinski definition) is 2. The fourth-order valence-electron chi connectivity index (χ4n) is 2.31. The molecule has 0 saturated carbocycles. The van der Waals surface area contributed by atoms with Crippen LogP contribution in [0.4, 0.5) is 0 Å². The van der Waals surface area contributed by atoms with Crippen LogP contribution >= 0.6 is 0 Å². The van der Waals surface area contributed by atoms with Gasteiger partial charge in [0, 0.05) is 31.0 Å². The smallest absolute Gasteiger partial charge is 0.0922 e. The molecule has 90 valence electrons. The lowest BCUT2D eigenvalue weighted by molar-refractivity contribution is 0.224. The quantitative estimate of drug-likeness (QED) is 0.791. The summed E-state index contributed by atoms with van der Waals surface area (Å²) in [5, 5.41) is 3.60. The van der Waals surface area contributed by atoms with Crippen molar-refractivity contribution in [2.45, 2.75) is 38.8 Å². The van der Waals surface area contributed by atoms with Gasteiger partial charge in [-0.25, -0.2) is 4.98 Å². The molecule has 1 saturated heterocycles. The Bertz CT molecular complexity index is 277. The molecule has 0 aromatic carbocycles. The van der Waals surface area contributed by atoms with Gasteiger partial charge in [-0.1, -0.05) is 13.3 Å². The molecule has 0 amide bonds. The maximum Gasteiger partial charge on any atom is 0.0922 e. The van der Waals surface area contributed by atoms with Crippen molar-refractivity contribution >= 4 is 0 Å². The molecule has 0 radical (unpaired) electrons. The van der Waals surface area contributed by atoms with Crippen molar-refractivity contribution in [2.24, 2.45) is 0 Å². The summed E-state index contributed by atoms with van der Waals surface area (Å²) >= 11 is 0. The Balaban J connectivity index is 1.80. The van der Waals surface area contributed by atoms with Crippen LogP contribution < -0.4 is 5.32 Å². The van der Waals surface area contributed by atoms with E-state index in [1.54, 1.807) is 6.33 Å². The summed E-state index contributed by atoms with van der Waals surface area (Å²) in [6.45, 7) is 6.63. The Hall–Kier alpha value is -0.870. The lowest BCUT2D eigenvalue weighted by Gasteiger charge is -2.29. The highest BCUT2D eigenvalue weighted by atomic mass is 15.2. The molecule has 1 aromatic heterocycles. The molecule has 2 rings (SSSR count). The highest BCUT2D eigenvalue weighted by Gasteiger charge is 2.15. The van der Waals surface area contributed by atoms with E-state index in [1.807, 2.05) is 6.20 Å². The lowest BCUT2D eigenvalue weighted by Crippen LogP contribution is -2.43. The van der Waals surface area contributed by atoms with Crippen molar-refractivity contribution < 1.29 is 0 Å². The molecule has 1 aliphatic heterocycles. The van der Waals surface area contributed by atoms with Crippen molar-refractivity contribution in [3.63, 3.8) is 0 Å². The van der Waals surface area contributed by atoms with Crippen LogP contribution in [-0.2, 0) is 6.54 Å². The minimum atomic E-state index is 0.677. The number of H-pyrrole nitrogens is 1. The minimum Gasteiger partial charge on any atom is -0.347 e. The Labute approximate surface area is 97.4 Å². The van der Waals surface area contributed by atoms with E-state index in [2.05, 4.69) is 27.1 Å². The average Bonchev–Trinajstić information content (AvgIpc) is 2.82. The molecule has 4 heteroatoms. The highest BCUT2D eigenvalue weighted by molar-refractivity contribution is 4.94. The van der Waals surface area contributed by atoms with Gasteiger partial charge < -0.3 is 10.3 Å². The fraction of sp³-hybridized carbons (Fsp3) is 0.750. The average molecular weight is 222 g/mol. The predicted octanol–water partition coefficient (Wildman–Crippen LogP) is 1.37. The number of aromatic amines is 1. The summed E-state index contributed by atoms with van der Waals surface area (Å²) in [5.41, 5.74) is 1.21. The molecule has 1 unspecified atom stereocenters. The summed E-state index contributed by atoms with van der Waals surface area (Å²) in [6, 6.07) is 0.677. The van der Waals surface area contributed by atoms with E-state index in [0.29, 0.717) is 6.04 Å². The topological polar surface area (TPSA) is 44.0 Å². The number of hydrogen-bond acceptors (Lipinski definition) is 3. The third-order valence-corrected chi connectivity index (χ3v) is 3.29. The van der Waals surface area contributed by atoms with Gasteiger partial charge in [0.1, 0.15) is 0 Å². The van der Waals surface area contributed by atoms with E-state index in [1.165, 1.54) is 31.5 Å². The summed E-state index contributed by atoms with van der Waals surface area (Å²) in [4.78, 5) is 9.69. The van der Waals surface area contributed by atoms with E-state index in [4.69, 9.17) is 0 Å². The Morgan fingerprint density at radius 2 is 2.44 bits per heavy atom. The highest BCUT2D eigenvalue weighted by Crippen LogP contribution is 2.09. The largest absolute Gasteiger partial charge is 0.347 e. The number of nitrogens with zero attached hydrogens (tertiary/aromatic N) is 2. The van der Waals surface area contributed by atoms with Crippen LogP contribution in [0, 0.1) is 0 Å². The molecule has 2 heterocycles. The van der Waals surface area contributed by atoms with Crippen molar-refractivity contribution in [1.29, 1.82) is 0 Å². The molecule has 1 fully saturated rings. The van der Waals surface area contributed by atoms with Gasteiger partial charge in [-0.2, -0.15) is 0 Å². The van der Waals surface area contributed by atoms with Crippen LogP contribution in [-0.4, -0.2) is 40.5 Å². The molecule has 4 nitrogen and oxygen atoms in total. The van der Waals surface area contributed by atoms with Gasteiger partial charge in [-0.3, -0.25) is 4.90 Å². The van der Waals surface area contributed by atoms with E-state index < -0.39 is 0 Å². The molecule has 1 aliphatic rings. The summed E-state index contributed by atoms with van der Waals surface area (Å²) in [5.74, 6) is 0. The third kappa shape index (κ3) is 3.32. The molecule has 1 atom stereocenters. The molecule has 0 bridgehead atoms.